The van der Waals surface area contributed by atoms with Gasteiger partial charge in [-0.1, -0.05) is 0 Å². The number of nitrogens with two attached hydrogens (primary N) is 1. The van der Waals surface area contributed by atoms with Crippen LogP contribution >= 0.6 is 0 Å². The molecule has 1 atom stereocenters. The minimum absolute atomic E-state index is 0.0136. The first-order valence-electron chi connectivity index (χ1n) is 6.24. The molecule has 0 heterocycles. The molecule has 5 nitrogen and oxygen atoms in total. The molecule has 1 saturated carbocycles. The number of hydrogen-bond acceptors (Lipinski definition) is 3. The fourth-order valence-corrected chi connectivity index (χ4v) is 2.24. The van der Waals surface area contributed by atoms with Crippen LogP contribution in [0.1, 0.15) is 39.0 Å². The molecule has 5 heteroatoms. The van der Waals surface area contributed by atoms with Gasteiger partial charge in [0.2, 0.25) is 5.91 Å². The summed E-state index contributed by atoms with van der Waals surface area (Å²) in [7, 11) is 0. The van der Waals surface area contributed by atoms with Crippen LogP contribution in [-0.4, -0.2) is 29.6 Å². The highest BCUT2D eigenvalue weighted by Gasteiger charge is 2.25. The molecule has 0 aromatic rings. The summed E-state index contributed by atoms with van der Waals surface area (Å²) in [6.07, 6.45) is 3.57. The molecule has 1 aliphatic carbocycles. The SMILES string of the molecule is CC(N)CC(=O)NCC1CCC(C(=O)O)CC1. The molecular formula is C12H22N2O3. The first kappa shape index (κ1) is 14.0. The number of rotatable bonds is 5. The lowest BCUT2D eigenvalue weighted by Crippen LogP contribution is -2.35. The van der Waals surface area contributed by atoms with E-state index in [-0.39, 0.29) is 17.9 Å². The van der Waals surface area contributed by atoms with Gasteiger partial charge in [-0.15, -0.1) is 0 Å². The predicted octanol–water partition coefficient (Wildman–Crippen LogP) is 0.731. The van der Waals surface area contributed by atoms with Crippen LogP contribution in [-0.2, 0) is 9.59 Å². The topological polar surface area (TPSA) is 92.4 Å². The van der Waals surface area contributed by atoms with Gasteiger partial charge < -0.3 is 16.2 Å². The summed E-state index contributed by atoms with van der Waals surface area (Å²) < 4.78 is 0. The van der Waals surface area contributed by atoms with Crippen LogP contribution < -0.4 is 11.1 Å². The van der Waals surface area contributed by atoms with Gasteiger partial charge in [0.15, 0.2) is 0 Å². The van der Waals surface area contributed by atoms with E-state index in [1.165, 1.54) is 0 Å². The van der Waals surface area contributed by atoms with Crippen molar-refractivity contribution >= 4 is 11.9 Å². The third-order valence-electron chi connectivity index (χ3n) is 3.29. The van der Waals surface area contributed by atoms with Gasteiger partial charge in [0, 0.05) is 19.0 Å². The lowest BCUT2D eigenvalue weighted by molar-refractivity contribution is -0.143. The van der Waals surface area contributed by atoms with Crippen molar-refractivity contribution in [3.63, 3.8) is 0 Å². The van der Waals surface area contributed by atoms with Crippen LogP contribution in [0.2, 0.25) is 0 Å². The smallest absolute Gasteiger partial charge is 0.306 e. The molecule has 17 heavy (non-hydrogen) atoms. The molecule has 1 unspecified atom stereocenters. The summed E-state index contributed by atoms with van der Waals surface area (Å²) in [5.74, 6) is -0.474. The molecule has 1 fully saturated rings. The zero-order valence-electron chi connectivity index (χ0n) is 10.3. The Kier molecular flexibility index (Phi) is 5.41. The molecule has 0 aromatic heterocycles. The van der Waals surface area contributed by atoms with Crippen LogP contribution in [0.15, 0.2) is 0 Å². The molecule has 0 bridgehead atoms. The quantitative estimate of drug-likeness (QED) is 0.662. The average Bonchev–Trinajstić information content (AvgIpc) is 2.26. The summed E-state index contributed by atoms with van der Waals surface area (Å²) >= 11 is 0. The fourth-order valence-electron chi connectivity index (χ4n) is 2.24. The first-order chi connectivity index (χ1) is 7.99. The fraction of sp³-hybridized carbons (Fsp3) is 0.833. The van der Waals surface area contributed by atoms with Crippen LogP contribution in [0, 0.1) is 11.8 Å². The number of amides is 1. The van der Waals surface area contributed by atoms with Crippen molar-refractivity contribution in [2.75, 3.05) is 6.54 Å². The minimum atomic E-state index is -0.690. The van der Waals surface area contributed by atoms with E-state index < -0.39 is 5.97 Å². The average molecular weight is 242 g/mol. The van der Waals surface area contributed by atoms with Crippen LogP contribution in [0.4, 0.5) is 0 Å². The first-order valence-corrected chi connectivity index (χ1v) is 6.24. The van der Waals surface area contributed by atoms with E-state index in [2.05, 4.69) is 5.32 Å². The number of aliphatic carboxylic acids is 1. The van der Waals surface area contributed by atoms with Crippen molar-refractivity contribution in [2.24, 2.45) is 17.6 Å². The number of carboxylic acid groups (broad SMARTS) is 1. The molecule has 0 radical (unpaired) electrons. The zero-order valence-corrected chi connectivity index (χ0v) is 10.3. The van der Waals surface area contributed by atoms with Crippen molar-refractivity contribution < 1.29 is 14.7 Å². The van der Waals surface area contributed by atoms with E-state index in [1.807, 2.05) is 0 Å². The monoisotopic (exact) mass is 242 g/mol. The molecule has 1 rings (SSSR count). The third-order valence-corrected chi connectivity index (χ3v) is 3.29. The molecule has 98 valence electrons. The Morgan fingerprint density at radius 2 is 1.94 bits per heavy atom. The van der Waals surface area contributed by atoms with Crippen LogP contribution in [0.5, 0.6) is 0 Å². The van der Waals surface area contributed by atoms with Gasteiger partial charge in [-0.2, -0.15) is 0 Å². The van der Waals surface area contributed by atoms with Crippen LogP contribution in [0.25, 0.3) is 0 Å². The maximum atomic E-state index is 11.4. The summed E-state index contributed by atoms with van der Waals surface area (Å²) in [5, 5.41) is 11.7. The number of carbonyl (C=O) groups is 2. The van der Waals surface area contributed by atoms with E-state index in [0.29, 0.717) is 18.9 Å². The summed E-state index contributed by atoms with van der Waals surface area (Å²) in [4.78, 5) is 22.1. The highest BCUT2D eigenvalue weighted by atomic mass is 16.4. The second-order valence-corrected chi connectivity index (χ2v) is 5.04. The number of carbonyl (C=O) groups excluding carboxylic acids is 1. The molecular weight excluding hydrogens is 220 g/mol. The van der Waals surface area contributed by atoms with E-state index in [9.17, 15) is 9.59 Å². The van der Waals surface area contributed by atoms with Gasteiger partial charge in [-0.05, 0) is 38.5 Å². The van der Waals surface area contributed by atoms with Gasteiger partial charge in [-0.25, -0.2) is 0 Å². The van der Waals surface area contributed by atoms with E-state index in [1.54, 1.807) is 6.92 Å². The highest BCUT2D eigenvalue weighted by Crippen LogP contribution is 2.28. The number of carboxylic acids is 1. The van der Waals surface area contributed by atoms with Gasteiger partial charge in [-0.3, -0.25) is 9.59 Å². The molecule has 0 aliphatic heterocycles. The van der Waals surface area contributed by atoms with E-state index >= 15 is 0 Å². The molecule has 0 aromatic carbocycles. The Morgan fingerprint density at radius 3 is 2.41 bits per heavy atom. The van der Waals surface area contributed by atoms with Crippen molar-refractivity contribution in [2.45, 2.75) is 45.1 Å². The van der Waals surface area contributed by atoms with Gasteiger partial charge in [0.25, 0.3) is 0 Å². The number of hydrogen-bond donors (Lipinski definition) is 3. The minimum Gasteiger partial charge on any atom is -0.481 e. The van der Waals surface area contributed by atoms with Crippen molar-refractivity contribution in [3.8, 4) is 0 Å². The molecule has 1 aliphatic rings. The molecule has 0 saturated heterocycles. The third kappa shape index (κ3) is 5.17. The number of nitrogens with one attached hydrogen (secondary N) is 1. The standard InChI is InChI=1S/C12H22N2O3/c1-8(13)6-11(15)14-7-9-2-4-10(5-3-9)12(16)17/h8-10H,2-7,13H2,1H3,(H,14,15)(H,16,17). The van der Waals surface area contributed by atoms with Gasteiger partial charge in [0.1, 0.15) is 0 Å². The molecule has 0 spiro atoms. The predicted molar refractivity (Wildman–Crippen MR) is 64.4 cm³/mol. The summed E-state index contributed by atoms with van der Waals surface area (Å²) in [5.41, 5.74) is 5.53. The van der Waals surface area contributed by atoms with Crippen molar-refractivity contribution in [3.05, 3.63) is 0 Å². The van der Waals surface area contributed by atoms with Gasteiger partial charge >= 0.3 is 5.97 Å². The Labute approximate surface area is 102 Å². The Morgan fingerprint density at radius 1 is 1.35 bits per heavy atom. The summed E-state index contributed by atoms with van der Waals surface area (Å²) in [6.45, 7) is 2.45. The Balaban J connectivity index is 2.18. The second-order valence-electron chi connectivity index (χ2n) is 5.04. The maximum Gasteiger partial charge on any atom is 0.306 e. The Bertz CT molecular complexity index is 271. The summed E-state index contributed by atoms with van der Waals surface area (Å²) in [6, 6.07) is -0.113. The molecule has 1 amide bonds. The second kappa shape index (κ2) is 6.59. The lowest BCUT2D eigenvalue weighted by atomic mass is 9.82. The lowest BCUT2D eigenvalue weighted by Gasteiger charge is -2.26. The molecule has 4 N–H and O–H groups in total. The van der Waals surface area contributed by atoms with E-state index in [4.69, 9.17) is 10.8 Å². The maximum absolute atomic E-state index is 11.4. The van der Waals surface area contributed by atoms with Gasteiger partial charge in [0.05, 0.1) is 5.92 Å². The zero-order chi connectivity index (χ0) is 12.8. The largest absolute Gasteiger partial charge is 0.481 e. The highest BCUT2D eigenvalue weighted by molar-refractivity contribution is 5.76. The Hall–Kier alpha value is -1.10. The van der Waals surface area contributed by atoms with E-state index in [0.717, 1.165) is 25.7 Å². The van der Waals surface area contributed by atoms with Crippen molar-refractivity contribution in [1.82, 2.24) is 5.32 Å². The van der Waals surface area contributed by atoms with Crippen LogP contribution in [0.3, 0.4) is 0 Å². The normalized spacial score (nSPS) is 26.2. The van der Waals surface area contributed by atoms with Crippen molar-refractivity contribution in [1.29, 1.82) is 0 Å².